The summed E-state index contributed by atoms with van der Waals surface area (Å²) in [4.78, 5) is 27.7. The SMILES string of the molecule is Cc1cc(NC(=O)Cc2nc(C(C)(C)C)sc2C(=O)O)on1. The second kappa shape index (κ2) is 5.88. The third kappa shape index (κ3) is 3.70. The lowest BCUT2D eigenvalue weighted by atomic mass is 9.98. The average Bonchev–Trinajstić information content (AvgIpc) is 2.95. The monoisotopic (exact) mass is 323 g/mol. The number of carbonyl (C=O) groups excluding carboxylic acids is 1. The van der Waals surface area contributed by atoms with Gasteiger partial charge < -0.3 is 9.63 Å². The van der Waals surface area contributed by atoms with Gasteiger partial charge in [-0.15, -0.1) is 11.3 Å². The predicted molar refractivity (Wildman–Crippen MR) is 81.3 cm³/mol. The molecule has 0 spiro atoms. The van der Waals surface area contributed by atoms with E-state index in [2.05, 4.69) is 15.5 Å². The molecular formula is C14H17N3O4S. The normalized spacial score (nSPS) is 11.5. The number of carbonyl (C=O) groups is 2. The van der Waals surface area contributed by atoms with Crippen LogP contribution in [0.5, 0.6) is 0 Å². The number of carboxylic acids is 1. The Kier molecular flexibility index (Phi) is 4.32. The standard InChI is InChI=1S/C14H17N3O4S/c1-7-5-10(21-17-7)16-9(18)6-8-11(12(19)20)22-13(15-8)14(2,3)4/h5H,6H2,1-4H3,(H,16,18)(H,19,20). The Balaban J connectivity index is 2.19. The predicted octanol–water partition coefficient (Wildman–Crippen LogP) is 2.62. The fourth-order valence-corrected chi connectivity index (χ4v) is 2.69. The zero-order valence-electron chi connectivity index (χ0n) is 12.8. The molecule has 0 saturated heterocycles. The van der Waals surface area contributed by atoms with Gasteiger partial charge in [-0.05, 0) is 6.92 Å². The molecule has 7 nitrogen and oxygen atoms in total. The molecule has 0 radical (unpaired) electrons. The van der Waals surface area contributed by atoms with Crippen molar-refractivity contribution < 1.29 is 19.2 Å². The lowest BCUT2D eigenvalue weighted by Gasteiger charge is -2.13. The molecule has 0 aliphatic carbocycles. The topological polar surface area (TPSA) is 105 Å². The van der Waals surface area contributed by atoms with Crippen LogP contribution in [0.25, 0.3) is 0 Å². The molecule has 2 N–H and O–H groups in total. The van der Waals surface area contributed by atoms with E-state index in [-0.39, 0.29) is 28.3 Å². The maximum absolute atomic E-state index is 12.0. The van der Waals surface area contributed by atoms with Gasteiger partial charge in [-0.1, -0.05) is 25.9 Å². The zero-order valence-corrected chi connectivity index (χ0v) is 13.6. The molecule has 0 saturated carbocycles. The van der Waals surface area contributed by atoms with Crippen LogP contribution in [0.1, 0.15) is 46.8 Å². The quantitative estimate of drug-likeness (QED) is 0.896. The van der Waals surface area contributed by atoms with E-state index in [0.717, 1.165) is 11.3 Å². The summed E-state index contributed by atoms with van der Waals surface area (Å²) in [5.41, 5.74) is 0.632. The van der Waals surface area contributed by atoms with Gasteiger partial charge in [0.1, 0.15) is 4.88 Å². The molecule has 1 amide bonds. The number of aromatic carboxylic acids is 1. The molecule has 0 aliphatic heterocycles. The van der Waals surface area contributed by atoms with Crippen LogP contribution in [0.15, 0.2) is 10.6 Å². The highest BCUT2D eigenvalue weighted by molar-refractivity contribution is 7.13. The first-order valence-electron chi connectivity index (χ1n) is 6.63. The molecule has 0 bridgehead atoms. The number of carboxylic acid groups (broad SMARTS) is 1. The summed E-state index contributed by atoms with van der Waals surface area (Å²) in [6.45, 7) is 7.56. The van der Waals surface area contributed by atoms with E-state index in [1.165, 1.54) is 0 Å². The van der Waals surface area contributed by atoms with Gasteiger partial charge in [0.15, 0.2) is 0 Å². The smallest absolute Gasteiger partial charge is 0.347 e. The Morgan fingerprint density at radius 1 is 1.41 bits per heavy atom. The van der Waals surface area contributed by atoms with Crippen molar-refractivity contribution in [3.63, 3.8) is 0 Å². The van der Waals surface area contributed by atoms with E-state index < -0.39 is 11.9 Å². The molecule has 2 heterocycles. The van der Waals surface area contributed by atoms with Gasteiger partial charge in [-0.2, -0.15) is 0 Å². The van der Waals surface area contributed by atoms with Gasteiger partial charge in [0, 0.05) is 11.5 Å². The number of aromatic nitrogens is 2. The van der Waals surface area contributed by atoms with Crippen molar-refractivity contribution in [1.82, 2.24) is 10.1 Å². The lowest BCUT2D eigenvalue weighted by Crippen LogP contribution is -2.16. The van der Waals surface area contributed by atoms with Crippen LogP contribution in [0, 0.1) is 6.92 Å². The summed E-state index contributed by atoms with van der Waals surface area (Å²) in [7, 11) is 0. The number of amides is 1. The van der Waals surface area contributed by atoms with E-state index >= 15 is 0 Å². The lowest BCUT2D eigenvalue weighted by molar-refractivity contribution is -0.115. The number of rotatable bonds is 4. The summed E-state index contributed by atoms with van der Waals surface area (Å²) in [6, 6.07) is 1.58. The number of aryl methyl sites for hydroxylation is 1. The van der Waals surface area contributed by atoms with Crippen LogP contribution in [0.4, 0.5) is 5.88 Å². The minimum atomic E-state index is -1.08. The Labute approximate surface area is 131 Å². The summed E-state index contributed by atoms with van der Waals surface area (Å²) in [6.07, 6.45) is -0.131. The highest BCUT2D eigenvalue weighted by Gasteiger charge is 2.25. The molecule has 2 aromatic heterocycles. The maximum atomic E-state index is 12.0. The number of anilines is 1. The Hall–Kier alpha value is -2.22. The summed E-state index contributed by atoms with van der Waals surface area (Å²) in [5.74, 6) is -1.25. The maximum Gasteiger partial charge on any atom is 0.347 e. The van der Waals surface area contributed by atoms with E-state index in [0.29, 0.717) is 10.7 Å². The van der Waals surface area contributed by atoms with Crippen LogP contribution < -0.4 is 5.32 Å². The Morgan fingerprint density at radius 2 is 2.09 bits per heavy atom. The summed E-state index contributed by atoms with van der Waals surface area (Å²) < 4.78 is 4.89. The molecule has 0 atom stereocenters. The minimum Gasteiger partial charge on any atom is -0.477 e. The van der Waals surface area contributed by atoms with Crippen molar-refractivity contribution in [2.45, 2.75) is 39.5 Å². The molecule has 0 unspecified atom stereocenters. The van der Waals surface area contributed by atoms with Crippen LogP contribution in [-0.4, -0.2) is 27.1 Å². The molecule has 0 aromatic carbocycles. The van der Waals surface area contributed by atoms with E-state index in [9.17, 15) is 14.7 Å². The fourth-order valence-electron chi connectivity index (χ4n) is 1.72. The highest BCUT2D eigenvalue weighted by Crippen LogP contribution is 2.29. The molecular weight excluding hydrogens is 306 g/mol. The minimum absolute atomic E-state index is 0.0915. The Morgan fingerprint density at radius 3 is 2.59 bits per heavy atom. The summed E-state index contributed by atoms with van der Waals surface area (Å²) >= 11 is 1.10. The van der Waals surface area contributed by atoms with E-state index in [1.807, 2.05) is 20.8 Å². The highest BCUT2D eigenvalue weighted by atomic mass is 32.1. The van der Waals surface area contributed by atoms with Gasteiger partial charge in [0.2, 0.25) is 11.8 Å². The largest absolute Gasteiger partial charge is 0.477 e. The number of nitrogens with zero attached hydrogens (tertiary/aromatic N) is 2. The fraction of sp³-hybridized carbons (Fsp3) is 0.429. The van der Waals surface area contributed by atoms with Gasteiger partial charge in [-0.25, -0.2) is 9.78 Å². The molecule has 0 fully saturated rings. The van der Waals surface area contributed by atoms with Crippen molar-refractivity contribution in [2.75, 3.05) is 5.32 Å². The van der Waals surface area contributed by atoms with Crippen molar-refractivity contribution in [2.24, 2.45) is 0 Å². The van der Waals surface area contributed by atoms with Crippen molar-refractivity contribution in [3.8, 4) is 0 Å². The van der Waals surface area contributed by atoms with E-state index in [1.54, 1.807) is 13.0 Å². The van der Waals surface area contributed by atoms with Crippen molar-refractivity contribution in [1.29, 1.82) is 0 Å². The first-order valence-corrected chi connectivity index (χ1v) is 7.45. The molecule has 118 valence electrons. The third-order valence-corrected chi connectivity index (χ3v) is 4.26. The van der Waals surface area contributed by atoms with Gasteiger partial charge in [-0.3, -0.25) is 10.1 Å². The zero-order chi connectivity index (χ0) is 16.5. The molecule has 0 aliphatic rings. The first-order chi connectivity index (χ1) is 10.2. The van der Waals surface area contributed by atoms with Crippen LogP contribution in [0.2, 0.25) is 0 Å². The summed E-state index contributed by atoms with van der Waals surface area (Å²) in [5, 5.41) is 16.1. The second-order valence-electron chi connectivity index (χ2n) is 5.91. The van der Waals surface area contributed by atoms with Gasteiger partial charge in [0.05, 0.1) is 22.8 Å². The Bertz CT molecular complexity index is 712. The number of nitrogens with one attached hydrogen (secondary N) is 1. The molecule has 8 heteroatoms. The molecule has 22 heavy (non-hydrogen) atoms. The third-order valence-electron chi connectivity index (χ3n) is 2.75. The molecule has 2 rings (SSSR count). The second-order valence-corrected chi connectivity index (χ2v) is 6.91. The van der Waals surface area contributed by atoms with Gasteiger partial charge in [0.25, 0.3) is 0 Å². The van der Waals surface area contributed by atoms with Crippen LogP contribution in [0.3, 0.4) is 0 Å². The number of hydrogen-bond donors (Lipinski definition) is 2. The van der Waals surface area contributed by atoms with Gasteiger partial charge >= 0.3 is 5.97 Å². The first kappa shape index (κ1) is 16.2. The van der Waals surface area contributed by atoms with Crippen molar-refractivity contribution in [3.05, 3.63) is 27.3 Å². The molecule has 2 aromatic rings. The van der Waals surface area contributed by atoms with Crippen LogP contribution in [-0.2, 0) is 16.6 Å². The van der Waals surface area contributed by atoms with E-state index in [4.69, 9.17) is 4.52 Å². The van der Waals surface area contributed by atoms with Crippen molar-refractivity contribution >= 4 is 29.1 Å². The average molecular weight is 323 g/mol. The van der Waals surface area contributed by atoms with Crippen LogP contribution >= 0.6 is 11.3 Å². The number of thiazole rings is 1. The number of hydrogen-bond acceptors (Lipinski definition) is 6.